The maximum Gasteiger partial charge on any atom is 0.149 e. The lowest BCUT2D eigenvalue weighted by Crippen LogP contribution is -2.20. The van der Waals surface area contributed by atoms with Crippen LogP contribution in [0.2, 0.25) is 0 Å². The highest BCUT2D eigenvalue weighted by Crippen LogP contribution is 2.37. The van der Waals surface area contributed by atoms with Crippen molar-refractivity contribution in [2.45, 2.75) is 38.8 Å². The number of fused-ring (bicyclic) bond motifs is 3. The van der Waals surface area contributed by atoms with Crippen LogP contribution < -0.4 is 5.32 Å². The highest BCUT2D eigenvalue weighted by atomic mass is 32.1. The molecule has 2 aromatic heterocycles. The van der Waals surface area contributed by atoms with E-state index in [4.69, 9.17) is 4.98 Å². The van der Waals surface area contributed by atoms with Crippen molar-refractivity contribution in [1.29, 1.82) is 0 Å². The molecule has 2 N–H and O–H groups in total. The molecule has 0 bridgehead atoms. The minimum absolute atomic E-state index is 0.465. The van der Waals surface area contributed by atoms with E-state index in [1.807, 2.05) is 6.07 Å². The zero-order valence-electron chi connectivity index (χ0n) is 18.9. The van der Waals surface area contributed by atoms with Gasteiger partial charge in [-0.1, -0.05) is 18.2 Å². The Labute approximate surface area is 198 Å². The molecule has 0 spiro atoms. The summed E-state index contributed by atoms with van der Waals surface area (Å²) in [6.45, 7) is 6.05. The second-order valence-corrected chi connectivity index (χ2v) is 10.3. The molecule has 33 heavy (non-hydrogen) atoms. The third-order valence-electron chi connectivity index (χ3n) is 7.02. The Morgan fingerprint density at radius 1 is 0.848 bits per heavy atom. The van der Waals surface area contributed by atoms with Gasteiger partial charge >= 0.3 is 0 Å². The summed E-state index contributed by atoms with van der Waals surface area (Å²) in [6.07, 6.45) is 4.99. The smallest absolute Gasteiger partial charge is 0.149 e. The van der Waals surface area contributed by atoms with E-state index in [0.29, 0.717) is 5.75 Å². The van der Waals surface area contributed by atoms with Gasteiger partial charge in [0, 0.05) is 40.7 Å². The van der Waals surface area contributed by atoms with Crippen molar-refractivity contribution in [1.82, 2.24) is 14.8 Å². The molecule has 2 aliphatic heterocycles. The van der Waals surface area contributed by atoms with Gasteiger partial charge in [0.25, 0.3) is 0 Å². The molecule has 0 aliphatic carbocycles. The number of hydrogen-bond donors (Lipinski definition) is 2. The molecule has 6 heteroatoms. The Morgan fingerprint density at radius 2 is 1.48 bits per heavy atom. The SMILES string of the molecule is Oc1c(CN2CCCC2)cc(Nc2nc3ccccc3c3ccsc23)cc1CN1CCCC1. The highest BCUT2D eigenvalue weighted by Gasteiger charge is 2.20. The fraction of sp³-hybridized carbons (Fsp3) is 0.370. The van der Waals surface area contributed by atoms with Gasteiger partial charge in [0.15, 0.2) is 0 Å². The first-order chi connectivity index (χ1) is 16.2. The number of phenolic OH excluding ortho intramolecular Hbond substituents is 1. The quantitative estimate of drug-likeness (QED) is 0.343. The van der Waals surface area contributed by atoms with Crippen LogP contribution in [0.25, 0.3) is 21.0 Å². The minimum Gasteiger partial charge on any atom is -0.507 e. The first-order valence-electron chi connectivity index (χ1n) is 12.1. The Morgan fingerprint density at radius 3 is 2.15 bits per heavy atom. The lowest BCUT2D eigenvalue weighted by molar-refractivity contribution is 0.312. The Bertz CT molecular complexity index is 1250. The monoisotopic (exact) mass is 458 g/mol. The number of aromatic nitrogens is 1. The number of phenols is 1. The number of para-hydroxylation sites is 1. The van der Waals surface area contributed by atoms with Crippen LogP contribution in [0, 0.1) is 0 Å². The topological polar surface area (TPSA) is 51.6 Å². The zero-order chi connectivity index (χ0) is 22.2. The minimum atomic E-state index is 0.465. The number of aromatic hydroxyl groups is 1. The van der Waals surface area contributed by atoms with Crippen LogP contribution in [0.1, 0.15) is 36.8 Å². The molecule has 4 aromatic rings. The molecule has 4 heterocycles. The predicted molar refractivity (Wildman–Crippen MR) is 138 cm³/mol. The first-order valence-corrected chi connectivity index (χ1v) is 12.9. The molecule has 2 fully saturated rings. The van der Waals surface area contributed by atoms with E-state index in [-0.39, 0.29) is 0 Å². The molecule has 170 valence electrons. The van der Waals surface area contributed by atoms with Gasteiger partial charge in [0.1, 0.15) is 11.6 Å². The van der Waals surface area contributed by atoms with Gasteiger partial charge in [-0.15, -0.1) is 11.3 Å². The van der Waals surface area contributed by atoms with Crippen molar-refractivity contribution >= 4 is 43.8 Å². The second kappa shape index (κ2) is 8.93. The molecule has 0 saturated carbocycles. The molecule has 6 rings (SSSR count). The number of thiophene rings is 1. The summed E-state index contributed by atoms with van der Waals surface area (Å²) in [6, 6.07) is 14.8. The summed E-state index contributed by atoms with van der Waals surface area (Å²) in [5.41, 5.74) is 4.03. The second-order valence-electron chi connectivity index (χ2n) is 9.38. The number of pyridine rings is 1. The van der Waals surface area contributed by atoms with Gasteiger partial charge < -0.3 is 10.4 Å². The van der Waals surface area contributed by atoms with Crippen LogP contribution in [-0.4, -0.2) is 46.1 Å². The van der Waals surface area contributed by atoms with Crippen LogP contribution >= 0.6 is 11.3 Å². The molecule has 0 unspecified atom stereocenters. The number of nitrogens with zero attached hydrogens (tertiary/aromatic N) is 3. The average Bonchev–Trinajstić information content (AvgIpc) is 3.60. The van der Waals surface area contributed by atoms with E-state index in [1.54, 1.807) is 11.3 Å². The third-order valence-corrected chi connectivity index (χ3v) is 7.94. The van der Waals surface area contributed by atoms with E-state index in [1.165, 1.54) is 41.2 Å². The van der Waals surface area contributed by atoms with Crippen LogP contribution in [0.3, 0.4) is 0 Å². The zero-order valence-corrected chi connectivity index (χ0v) is 19.7. The van der Waals surface area contributed by atoms with Crippen LogP contribution in [0.5, 0.6) is 5.75 Å². The number of hydrogen-bond acceptors (Lipinski definition) is 6. The van der Waals surface area contributed by atoms with Gasteiger partial charge in [0.2, 0.25) is 0 Å². The van der Waals surface area contributed by atoms with E-state index in [0.717, 1.165) is 67.4 Å². The summed E-state index contributed by atoms with van der Waals surface area (Å²) in [7, 11) is 0. The molecular weight excluding hydrogens is 428 g/mol. The van der Waals surface area contributed by atoms with Crippen molar-refractivity contribution in [3.63, 3.8) is 0 Å². The van der Waals surface area contributed by atoms with Crippen LogP contribution in [0.4, 0.5) is 11.5 Å². The summed E-state index contributed by atoms with van der Waals surface area (Å²) in [5.74, 6) is 1.36. The van der Waals surface area contributed by atoms with Crippen molar-refractivity contribution < 1.29 is 5.11 Å². The predicted octanol–water partition coefficient (Wildman–Crippen LogP) is 6.09. The lowest BCUT2D eigenvalue weighted by Gasteiger charge is -2.21. The number of benzene rings is 2. The fourth-order valence-electron chi connectivity index (χ4n) is 5.33. The number of rotatable bonds is 6. The molecule has 0 atom stereocenters. The van der Waals surface area contributed by atoms with Crippen molar-refractivity contribution in [2.24, 2.45) is 0 Å². The molecule has 0 radical (unpaired) electrons. The first kappa shape index (κ1) is 20.9. The molecule has 2 aliphatic rings. The fourth-order valence-corrected chi connectivity index (χ4v) is 6.19. The Hall–Kier alpha value is -2.67. The van der Waals surface area contributed by atoms with E-state index < -0.39 is 0 Å². The number of nitrogens with one attached hydrogen (secondary N) is 1. The van der Waals surface area contributed by atoms with E-state index in [9.17, 15) is 5.11 Å². The van der Waals surface area contributed by atoms with Gasteiger partial charge in [0.05, 0.1) is 10.2 Å². The maximum absolute atomic E-state index is 11.2. The Kier molecular flexibility index (Phi) is 5.66. The maximum atomic E-state index is 11.2. The summed E-state index contributed by atoms with van der Waals surface area (Å²) in [5, 5.41) is 19.4. The van der Waals surface area contributed by atoms with Gasteiger partial charge in [-0.3, -0.25) is 9.80 Å². The third kappa shape index (κ3) is 4.19. The van der Waals surface area contributed by atoms with Crippen molar-refractivity contribution in [3.8, 4) is 5.75 Å². The summed E-state index contributed by atoms with van der Waals surface area (Å²) in [4.78, 5) is 9.87. The van der Waals surface area contributed by atoms with E-state index >= 15 is 0 Å². The number of likely N-dealkylation sites (tertiary alicyclic amines) is 2. The molecular formula is C27H30N4OS. The van der Waals surface area contributed by atoms with Crippen LogP contribution in [0.15, 0.2) is 47.8 Å². The molecule has 2 aromatic carbocycles. The number of anilines is 2. The van der Waals surface area contributed by atoms with Gasteiger partial charge in [-0.2, -0.15) is 0 Å². The van der Waals surface area contributed by atoms with Crippen molar-refractivity contribution in [2.75, 3.05) is 31.5 Å². The summed E-state index contributed by atoms with van der Waals surface area (Å²) < 4.78 is 1.17. The summed E-state index contributed by atoms with van der Waals surface area (Å²) >= 11 is 1.72. The average molecular weight is 459 g/mol. The lowest BCUT2D eigenvalue weighted by atomic mass is 10.1. The molecule has 2 saturated heterocycles. The van der Waals surface area contributed by atoms with Crippen LogP contribution in [-0.2, 0) is 13.1 Å². The molecule has 0 amide bonds. The normalized spacial score (nSPS) is 17.5. The van der Waals surface area contributed by atoms with Gasteiger partial charge in [-0.25, -0.2) is 4.98 Å². The van der Waals surface area contributed by atoms with E-state index in [2.05, 4.69) is 56.9 Å². The van der Waals surface area contributed by atoms with Crippen molar-refractivity contribution in [3.05, 3.63) is 59.0 Å². The van der Waals surface area contributed by atoms with Gasteiger partial charge in [-0.05, 0) is 81.5 Å². The molecule has 5 nitrogen and oxygen atoms in total. The Balaban J connectivity index is 1.39. The standard InChI is InChI=1S/C27H30N4OS/c32-25-19(17-30-10-3-4-11-30)15-21(16-20(25)18-31-12-5-6-13-31)28-27-26-23(9-14-33-26)22-7-1-2-8-24(22)29-27/h1-2,7-9,14-16,32H,3-6,10-13,17-18H2,(H,28,29). The largest absolute Gasteiger partial charge is 0.507 e. The highest BCUT2D eigenvalue weighted by molar-refractivity contribution is 7.18.